The van der Waals surface area contributed by atoms with Gasteiger partial charge >= 0.3 is 12.0 Å². The smallest absolute Gasteiger partial charge is 0.328 e. The lowest BCUT2D eigenvalue weighted by Crippen LogP contribution is -2.50. The summed E-state index contributed by atoms with van der Waals surface area (Å²) in [7, 11) is 0. The van der Waals surface area contributed by atoms with Crippen molar-refractivity contribution in [2.45, 2.75) is 53.3 Å². The molecule has 8 nitrogen and oxygen atoms in total. The van der Waals surface area contributed by atoms with Crippen molar-refractivity contribution in [2.75, 3.05) is 6.54 Å². The summed E-state index contributed by atoms with van der Waals surface area (Å²) in [6, 6.07) is 9.37. The normalized spacial score (nSPS) is 11.6. The number of carboxylic acids is 1. The number of carbonyl (C=O) groups is 3. The first-order chi connectivity index (χ1) is 15.1. The maximum atomic E-state index is 12.8. The number of aliphatic carboxylic acids is 1. The molecule has 32 heavy (non-hydrogen) atoms. The highest BCUT2D eigenvalue weighted by atomic mass is 16.5. The van der Waals surface area contributed by atoms with Gasteiger partial charge in [-0.3, -0.25) is 4.79 Å². The van der Waals surface area contributed by atoms with Crippen LogP contribution in [0.25, 0.3) is 0 Å². The third-order valence-electron chi connectivity index (χ3n) is 4.75. The number of hydrogen-bond acceptors (Lipinski definition) is 4. The molecule has 4 N–H and O–H groups in total. The minimum atomic E-state index is -1.28. The minimum absolute atomic E-state index is 0.00639. The first kappa shape index (κ1) is 24.7. The van der Waals surface area contributed by atoms with E-state index in [-0.39, 0.29) is 12.6 Å². The fourth-order valence-corrected chi connectivity index (χ4v) is 3.20. The van der Waals surface area contributed by atoms with Crippen molar-refractivity contribution in [1.29, 1.82) is 0 Å². The van der Waals surface area contributed by atoms with E-state index in [9.17, 15) is 19.5 Å². The Morgan fingerprint density at radius 2 is 1.56 bits per heavy atom. The van der Waals surface area contributed by atoms with Crippen LogP contribution >= 0.6 is 0 Å². The number of nitrogens with one attached hydrogen (secondary N) is 3. The number of carbonyl (C=O) groups excluding carboxylic acids is 2. The molecule has 8 heteroatoms. The Morgan fingerprint density at radius 3 is 2.09 bits per heavy atom. The van der Waals surface area contributed by atoms with Crippen LogP contribution in [0, 0.1) is 20.8 Å². The lowest BCUT2D eigenvalue weighted by Gasteiger charge is -2.19. The van der Waals surface area contributed by atoms with Crippen LogP contribution < -0.4 is 20.7 Å². The van der Waals surface area contributed by atoms with Gasteiger partial charge in [-0.25, -0.2) is 9.59 Å². The average Bonchev–Trinajstić information content (AvgIpc) is 2.69. The molecule has 2 rings (SSSR count). The van der Waals surface area contributed by atoms with Gasteiger partial charge in [0.1, 0.15) is 11.8 Å². The summed E-state index contributed by atoms with van der Waals surface area (Å²) in [4.78, 5) is 36.5. The van der Waals surface area contributed by atoms with Gasteiger partial charge in [-0.05, 0) is 63.4 Å². The summed E-state index contributed by atoms with van der Waals surface area (Å²) < 4.78 is 5.68. The molecule has 0 fully saturated rings. The third-order valence-corrected chi connectivity index (χ3v) is 4.75. The molecule has 2 aromatic rings. The second-order valence-electron chi connectivity index (χ2n) is 8.01. The predicted molar refractivity (Wildman–Crippen MR) is 122 cm³/mol. The molecule has 172 valence electrons. The number of carboxylic acid groups (broad SMARTS) is 1. The molecule has 0 heterocycles. The van der Waals surface area contributed by atoms with E-state index in [1.807, 2.05) is 45.0 Å². The van der Waals surface area contributed by atoms with Crippen LogP contribution in [0.1, 0.15) is 46.5 Å². The van der Waals surface area contributed by atoms with Crippen LogP contribution in [0.3, 0.4) is 0 Å². The lowest BCUT2D eigenvalue weighted by atomic mass is 10.0. The highest BCUT2D eigenvalue weighted by Gasteiger charge is 2.23. The molecule has 0 bridgehead atoms. The van der Waals surface area contributed by atoms with Gasteiger partial charge in [0.25, 0.3) is 5.91 Å². The van der Waals surface area contributed by atoms with Crippen LogP contribution in [-0.4, -0.2) is 41.7 Å². The zero-order chi connectivity index (χ0) is 23.8. The first-order valence-electron chi connectivity index (χ1n) is 10.5. The molecule has 0 radical (unpaired) electrons. The van der Waals surface area contributed by atoms with Crippen molar-refractivity contribution < 1.29 is 24.2 Å². The summed E-state index contributed by atoms with van der Waals surface area (Å²) in [5, 5.41) is 17.1. The Labute approximate surface area is 188 Å². The molecule has 2 aromatic carbocycles. The molecule has 0 aliphatic heterocycles. The number of rotatable bonds is 9. The molecule has 0 unspecified atom stereocenters. The highest BCUT2D eigenvalue weighted by Crippen LogP contribution is 2.23. The van der Waals surface area contributed by atoms with Crippen molar-refractivity contribution in [3.63, 3.8) is 0 Å². The highest BCUT2D eigenvalue weighted by molar-refractivity contribution is 5.99. The van der Waals surface area contributed by atoms with E-state index in [2.05, 4.69) is 16.0 Å². The van der Waals surface area contributed by atoms with Gasteiger partial charge in [0, 0.05) is 12.1 Å². The van der Waals surface area contributed by atoms with Gasteiger partial charge in [0.05, 0.1) is 12.6 Å². The molecule has 0 saturated carbocycles. The summed E-state index contributed by atoms with van der Waals surface area (Å²) in [5.74, 6) is -1.12. The average molecular weight is 442 g/mol. The molecule has 0 aromatic heterocycles. The molecular formula is C24H31N3O5. The Hall–Kier alpha value is -3.55. The Balaban J connectivity index is 1.96. The zero-order valence-electron chi connectivity index (χ0n) is 19.1. The maximum Gasteiger partial charge on any atom is 0.328 e. The number of hydrogen-bond donors (Lipinski definition) is 4. The number of ether oxygens (including phenoxy) is 1. The number of aryl methyl sites for hydroxylation is 3. The van der Waals surface area contributed by atoms with Crippen LogP contribution in [0.2, 0.25) is 0 Å². The minimum Gasteiger partial charge on any atom is -0.491 e. The quantitative estimate of drug-likeness (QED) is 0.477. The van der Waals surface area contributed by atoms with E-state index in [1.165, 1.54) is 0 Å². The fourth-order valence-electron chi connectivity index (χ4n) is 3.20. The number of benzene rings is 2. The van der Waals surface area contributed by atoms with Crippen LogP contribution in [-0.2, 0) is 11.3 Å². The van der Waals surface area contributed by atoms with Crippen molar-refractivity contribution in [3.05, 3.63) is 64.2 Å². The second kappa shape index (κ2) is 11.2. The zero-order valence-corrected chi connectivity index (χ0v) is 19.1. The van der Waals surface area contributed by atoms with Crippen molar-refractivity contribution in [1.82, 2.24) is 16.0 Å². The molecule has 0 aliphatic carbocycles. The maximum absolute atomic E-state index is 12.8. The predicted octanol–water partition coefficient (Wildman–Crippen LogP) is 3.08. The van der Waals surface area contributed by atoms with E-state index >= 15 is 0 Å². The van der Waals surface area contributed by atoms with Gasteiger partial charge in [0.2, 0.25) is 0 Å². The van der Waals surface area contributed by atoms with Crippen molar-refractivity contribution >= 4 is 17.9 Å². The van der Waals surface area contributed by atoms with Gasteiger partial charge < -0.3 is 25.8 Å². The largest absolute Gasteiger partial charge is 0.491 e. The summed E-state index contributed by atoms with van der Waals surface area (Å²) in [5.41, 5.74) is 3.77. The second-order valence-corrected chi connectivity index (χ2v) is 8.01. The van der Waals surface area contributed by atoms with Gasteiger partial charge in [-0.1, -0.05) is 29.8 Å². The SMILES string of the molecule is Cc1ccc(CNC(=O)NC[C@H](NC(=O)c2c(C)cc(OC(C)C)cc2C)C(=O)O)cc1. The lowest BCUT2D eigenvalue weighted by molar-refractivity contribution is -0.139. The van der Waals surface area contributed by atoms with E-state index < -0.39 is 23.9 Å². The number of urea groups is 1. The Bertz CT molecular complexity index is 947. The molecule has 1 atom stereocenters. The summed E-state index contributed by atoms with van der Waals surface area (Å²) >= 11 is 0. The third kappa shape index (κ3) is 7.30. The molecule has 0 aliphatic rings. The monoisotopic (exact) mass is 441 g/mol. The van der Waals surface area contributed by atoms with Gasteiger partial charge in [-0.2, -0.15) is 0 Å². The number of amides is 3. The van der Waals surface area contributed by atoms with Crippen LogP contribution in [0.5, 0.6) is 5.75 Å². The molecule has 3 amide bonds. The topological polar surface area (TPSA) is 117 Å². The van der Waals surface area contributed by atoms with E-state index in [1.54, 1.807) is 26.0 Å². The van der Waals surface area contributed by atoms with Crippen molar-refractivity contribution in [3.8, 4) is 5.75 Å². The summed E-state index contributed by atoms with van der Waals surface area (Å²) in [6.07, 6.45) is -0.00639. The van der Waals surface area contributed by atoms with Gasteiger partial charge in [-0.15, -0.1) is 0 Å². The Morgan fingerprint density at radius 1 is 0.969 bits per heavy atom. The standard InChI is InChI=1S/C24H31N3O5/c1-14(2)32-19-10-16(4)21(17(5)11-19)22(28)27-20(23(29)30)13-26-24(31)25-12-18-8-6-15(3)7-9-18/h6-11,14,20H,12-13H2,1-5H3,(H,27,28)(H,29,30)(H2,25,26,31)/t20-/m0/s1. The van der Waals surface area contributed by atoms with Crippen LogP contribution in [0.15, 0.2) is 36.4 Å². The molecule has 0 saturated heterocycles. The first-order valence-corrected chi connectivity index (χ1v) is 10.5. The molecular weight excluding hydrogens is 410 g/mol. The van der Waals surface area contributed by atoms with E-state index in [0.717, 1.165) is 11.1 Å². The fraction of sp³-hybridized carbons (Fsp3) is 0.375. The Kier molecular flexibility index (Phi) is 8.63. The molecule has 0 spiro atoms. The summed E-state index contributed by atoms with van der Waals surface area (Å²) in [6.45, 7) is 9.37. The van der Waals surface area contributed by atoms with Crippen LogP contribution in [0.4, 0.5) is 4.79 Å². The van der Waals surface area contributed by atoms with Crippen molar-refractivity contribution in [2.24, 2.45) is 0 Å². The van der Waals surface area contributed by atoms with Gasteiger partial charge in [0.15, 0.2) is 0 Å². The van der Waals surface area contributed by atoms with E-state index in [4.69, 9.17) is 4.74 Å². The van der Waals surface area contributed by atoms with E-state index in [0.29, 0.717) is 29.0 Å².